The first-order chi connectivity index (χ1) is 8.89. The molecule has 20 heavy (non-hydrogen) atoms. The van der Waals surface area contributed by atoms with Crippen LogP contribution in [-0.2, 0) is 9.84 Å². The van der Waals surface area contributed by atoms with Crippen molar-refractivity contribution in [3.05, 3.63) is 32.4 Å². The highest BCUT2D eigenvalue weighted by Gasteiger charge is 2.48. The number of aromatic hydroxyl groups is 1. The summed E-state index contributed by atoms with van der Waals surface area (Å²) in [6.45, 7) is 0. The van der Waals surface area contributed by atoms with Gasteiger partial charge < -0.3 is 5.11 Å². The summed E-state index contributed by atoms with van der Waals surface area (Å²) in [6, 6.07) is -0.212. The lowest BCUT2D eigenvalue weighted by molar-refractivity contribution is -0.396. The molecule has 0 aliphatic rings. The van der Waals surface area contributed by atoms with Gasteiger partial charge in [0.15, 0.2) is 0 Å². The van der Waals surface area contributed by atoms with Crippen molar-refractivity contribution in [2.75, 3.05) is 0 Å². The molecule has 0 aliphatic carbocycles. The number of phenolic OH excluding ortho intramolecular Hbond substituents is 1. The lowest BCUT2D eigenvalue weighted by Gasteiger charge is -2.08. The molecule has 0 atom stereocenters. The summed E-state index contributed by atoms with van der Waals surface area (Å²) < 4.78 is 59.0. The van der Waals surface area contributed by atoms with Gasteiger partial charge in [-0.1, -0.05) is 0 Å². The van der Waals surface area contributed by atoms with Crippen LogP contribution < -0.4 is 0 Å². The molecule has 1 rings (SSSR count). The number of nitro groups is 2. The second-order valence-electron chi connectivity index (χ2n) is 3.27. The smallest absolute Gasteiger partial charge is 0.497 e. The average molecular weight is 316 g/mol. The summed E-state index contributed by atoms with van der Waals surface area (Å²) in [5, 5.41) is 30.1. The molecule has 0 amide bonds. The van der Waals surface area contributed by atoms with Gasteiger partial charge in [-0.05, 0) is 0 Å². The summed E-state index contributed by atoms with van der Waals surface area (Å²) in [6.07, 6.45) is 0. The van der Waals surface area contributed by atoms with Crippen LogP contribution in [0.25, 0.3) is 0 Å². The third-order valence-electron chi connectivity index (χ3n) is 2.05. The number of nitrogens with zero attached hydrogens (tertiary/aromatic N) is 2. The van der Waals surface area contributed by atoms with E-state index in [0.29, 0.717) is 0 Å². The minimum atomic E-state index is -6.03. The maximum Gasteiger partial charge on any atom is 0.501 e. The molecule has 1 aromatic carbocycles. The van der Waals surface area contributed by atoms with Crippen LogP contribution in [0.2, 0.25) is 0 Å². The predicted molar refractivity (Wildman–Crippen MR) is 54.7 cm³/mol. The summed E-state index contributed by atoms with van der Waals surface area (Å²) in [4.78, 5) is 16.3. The van der Waals surface area contributed by atoms with E-state index >= 15 is 0 Å². The van der Waals surface area contributed by atoms with Crippen LogP contribution in [0.5, 0.6) is 5.75 Å². The van der Waals surface area contributed by atoms with Crippen molar-refractivity contribution in [3.8, 4) is 5.75 Å². The molecule has 9 nitrogen and oxygen atoms in total. The Balaban J connectivity index is 3.76. The number of hydrogen-bond acceptors (Lipinski definition) is 7. The fourth-order valence-corrected chi connectivity index (χ4v) is 1.95. The average Bonchev–Trinajstić information content (AvgIpc) is 2.26. The quantitative estimate of drug-likeness (QED) is 0.658. The van der Waals surface area contributed by atoms with Crippen LogP contribution >= 0.6 is 0 Å². The van der Waals surface area contributed by atoms with Crippen molar-refractivity contribution in [2.45, 2.75) is 10.4 Å². The van der Waals surface area contributed by atoms with Crippen LogP contribution in [-0.4, -0.2) is 28.9 Å². The topological polar surface area (TPSA) is 141 Å². The maximum absolute atomic E-state index is 12.3. The third kappa shape index (κ3) is 2.47. The minimum Gasteiger partial charge on any atom is -0.497 e. The van der Waals surface area contributed by atoms with E-state index < -0.39 is 47.2 Å². The molecule has 1 aromatic rings. The molecule has 110 valence electrons. The van der Waals surface area contributed by atoms with E-state index in [1.54, 1.807) is 0 Å². The Morgan fingerprint density at radius 2 is 1.40 bits per heavy atom. The number of halogens is 3. The van der Waals surface area contributed by atoms with Crippen molar-refractivity contribution in [1.82, 2.24) is 0 Å². The fraction of sp³-hybridized carbons (Fsp3) is 0.143. The SMILES string of the molecule is O=[N+]([O-])c1cc(S(=O)(=O)C(F)(F)F)cc([N+](=O)[O-])c1O. The molecule has 0 heterocycles. The Kier molecular flexibility index (Phi) is 3.58. The number of sulfone groups is 1. The molecule has 0 saturated heterocycles. The zero-order valence-corrected chi connectivity index (χ0v) is 9.80. The highest BCUT2D eigenvalue weighted by molar-refractivity contribution is 7.92. The third-order valence-corrected chi connectivity index (χ3v) is 3.52. The molecule has 13 heteroatoms. The van der Waals surface area contributed by atoms with Crippen molar-refractivity contribution in [3.63, 3.8) is 0 Å². The number of nitro benzene ring substituents is 2. The Hall–Kier alpha value is -2.44. The van der Waals surface area contributed by atoms with Gasteiger partial charge >= 0.3 is 16.9 Å². The standard InChI is InChI=1S/C7H3F3N2O7S/c8-7(9,10)20(18,19)3-1-4(11(14)15)6(13)5(2-3)12(16)17/h1-2,13H. The van der Waals surface area contributed by atoms with E-state index in [-0.39, 0.29) is 12.1 Å². The molecular formula is C7H3F3N2O7S. The van der Waals surface area contributed by atoms with E-state index in [1.165, 1.54) is 0 Å². The normalized spacial score (nSPS) is 12.2. The zero-order valence-electron chi connectivity index (χ0n) is 8.99. The molecule has 0 spiro atoms. The molecule has 1 N–H and O–H groups in total. The first kappa shape index (κ1) is 15.6. The highest BCUT2D eigenvalue weighted by atomic mass is 32.2. The highest BCUT2D eigenvalue weighted by Crippen LogP contribution is 2.41. The van der Waals surface area contributed by atoms with E-state index in [0.717, 1.165) is 0 Å². The second kappa shape index (κ2) is 4.59. The molecule has 0 radical (unpaired) electrons. The van der Waals surface area contributed by atoms with Crippen LogP contribution in [0.1, 0.15) is 0 Å². The summed E-state index contributed by atoms with van der Waals surface area (Å²) in [7, 11) is -6.03. The van der Waals surface area contributed by atoms with Gasteiger partial charge in [-0.25, -0.2) is 8.42 Å². The molecule has 0 aliphatic heterocycles. The van der Waals surface area contributed by atoms with Gasteiger partial charge in [0.2, 0.25) is 0 Å². The molecular weight excluding hydrogens is 313 g/mol. The summed E-state index contributed by atoms with van der Waals surface area (Å²) >= 11 is 0. The van der Waals surface area contributed by atoms with Crippen LogP contribution in [0.3, 0.4) is 0 Å². The Bertz CT molecular complexity index is 662. The minimum absolute atomic E-state index is 0.106. The lowest BCUT2D eigenvalue weighted by atomic mass is 10.2. The Morgan fingerprint density at radius 1 is 1.05 bits per heavy atom. The summed E-state index contributed by atoms with van der Waals surface area (Å²) in [5.74, 6) is -1.54. The van der Waals surface area contributed by atoms with Gasteiger partial charge in [-0.3, -0.25) is 20.2 Å². The van der Waals surface area contributed by atoms with E-state index in [1.807, 2.05) is 0 Å². The molecule has 0 saturated carbocycles. The van der Waals surface area contributed by atoms with Gasteiger partial charge in [0.1, 0.15) is 0 Å². The van der Waals surface area contributed by atoms with E-state index in [9.17, 15) is 41.8 Å². The second-order valence-corrected chi connectivity index (χ2v) is 5.21. The van der Waals surface area contributed by atoms with Gasteiger partial charge in [0.05, 0.1) is 14.7 Å². The van der Waals surface area contributed by atoms with Gasteiger partial charge in [-0.2, -0.15) is 13.2 Å². The number of alkyl halides is 3. The van der Waals surface area contributed by atoms with Crippen molar-refractivity contribution in [1.29, 1.82) is 0 Å². The van der Waals surface area contributed by atoms with E-state index in [4.69, 9.17) is 5.11 Å². The van der Waals surface area contributed by atoms with Crippen LogP contribution in [0.15, 0.2) is 17.0 Å². The first-order valence-electron chi connectivity index (χ1n) is 4.36. The predicted octanol–water partition coefficient (Wildman–Crippen LogP) is 1.50. The number of rotatable bonds is 3. The van der Waals surface area contributed by atoms with E-state index in [2.05, 4.69) is 0 Å². The van der Waals surface area contributed by atoms with Crippen LogP contribution in [0, 0.1) is 20.2 Å². The van der Waals surface area contributed by atoms with Crippen molar-refractivity contribution < 1.29 is 36.5 Å². The van der Waals surface area contributed by atoms with Crippen molar-refractivity contribution in [2.24, 2.45) is 0 Å². The van der Waals surface area contributed by atoms with Gasteiger partial charge in [-0.15, -0.1) is 0 Å². The molecule has 0 bridgehead atoms. The largest absolute Gasteiger partial charge is 0.501 e. The fourth-order valence-electron chi connectivity index (χ4n) is 1.15. The maximum atomic E-state index is 12.3. The molecule has 0 unspecified atom stereocenters. The number of phenols is 1. The molecule has 0 fully saturated rings. The monoisotopic (exact) mass is 316 g/mol. The van der Waals surface area contributed by atoms with Gasteiger partial charge in [0, 0.05) is 12.1 Å². The molecule has 0 aromatic heterocycles. The Labute approximate surface area is 107 Å². The zero-order chi connectivity index (χ0) is 15.9. The number of benzene rings is 1. The first-order valence-corrected chi connectivity index (χ1v) is 5.85. The Morgan fingerprint density at radius 3 is 1.65 bits per heavy atom. The van der Waals surface area contributed by atoms with Gasteiger partial charge in [0.25, 0.3) is 15.6 Å². The lowest BCUT2D eigenvalue weighted by Crippen LogP contribution is -2.23. The summed E-state index contributed by atoms with van der Waals surface area (Å²) in [5.41, 5.74) is -8.85. The van der Waals surface area contributed by atoms with Crippen LogP contribution in [0.4, 0.5) is 24.5 Å². The van der Waals surface area contributed by atoms with Crippen molar-refractivity contribution >= 4 is 21.2 Å². The number of hydrogen-bond donors (Lipinski definition) is 1.